The fraction of sp³-hybridized carbons (Fsp3) is 0.542. The minimum atomic E-state index is -1.17. The Hall–Kier alpha value is -5.94. The molecule has 3 aliphatic heterocycles. The lowest BCUT2D eigenvalue weighted by Crippen LogP contribution is -2.62. The Balaban J connectivity index is 1.29. The number of methoxy groups -OCH3 is 1. The molecule has 17 nitrogen and oxygen atoms in total. The topological polar surface area (TPSA) is 186 Å². The number of hydrogen-bond acceptors (Lipinski definition) is 11. The van der Waals surface area contributed by atoms with E-state index < -0.39 is 47.2 Å². The molecule has 6 bridgehead atoms. The van der Waals surface area contributed by atoms with Crippen molar-refractivity contribution in [3.05, 3.63) is 66.3 Å². The number of pyridine rings is 1. The SMILES string of the molecule is C=CC(=O)N1CC[C@H](C(=O)N(C)C(C(=O)N[C@H]2Cc3nc(n(C)n3)-c3ccc4c(c3)c(c(-c3cccnc3[C@H](C)OC)n4CC)CC(C)(C)COC(=O)[C@@H]3CCCN(N3)C2=O)C(C)C)C1. The van der Waals surface area contributed by atoms with Gasteiger partial charge in [0.2, 0.25) is 17.7 Å². The fourth-order valence-corrected chi connectivity index (χ4v) is 9.69. The Morgan fingerprint density at radius 3 is 2.62 bits per heavy atom. The van der Waals surface area contributed by atoms with Gasteiger partial charge < -0.3 is 29.2 Å². The predicted molar refractivity (Wildman–Crippen MR) is 244 cm³/mol. The highest BCUT2D eigenvalue weighted by molar-refractivity contribution is 5.96. The van der Waals surface area contributed by atoms with Gasteiger partial charge in [-0.25, -0.2) is 15.1 Å². The van der Waals surface area contributed by atoms with Crippen LogP contribution in [0.4, 0.5) is 0 Å². The fourth-order valence-electron chi connectivity index (χ4n) is 9.69. The van der Waals surface area contributed by atoms with Crippen LogP contribution in [0.25, 0.3) is 33.5 Å². The van der Waals surface area contributed by atoms with Crippen LogP contribution in [0, 0.1) is 17.3 Å². The molecule has 0 radical (unpaired) electrons. The molecular weight excluding hydrogens is 829 g/mol. The largest absolute Gasteiger partial charge is 0.464 e. The summed E-state index contributed by atoms with van der Waals surface area (Å²) in [6.45, 7) is 17.2. The first-order chi connectivity index (χ1) is 31.0. The van der Waals surface area contributed by atoms with Crippen molar-refractivity contribution >= 4 is 40.5 Å². The highest BCUT2D eigenvalue weighted by Gasteiger charge is 2.40. The molecule has 6 heterocycles. The highest BCUT2D eigenvalue weighted by atomic mass is 16.5. The summed E-state index contributed by atoms with van der Waals surface area (Å²) < 4.78 is 15.9. The van der Waals surface area contributed by atoms with Crippen molar-refractivity contribution < 1.29 is 33.4 Å². The summed E-state index contributed by atoms with van der Waals surface area (Å²) in [4.78, 5) is 81.9. The van der Waals surface area contributed by atoms with Gasteiger partial charge >= 0.3 is 5.97 Å². The number of cyclic esters (lactones) is 1. The monoisotopic (exact) mass is 892 g/mol. The number of carbonyl (C=O) groups excluding carboxylic acids is 5. The average Bonchev–Trinajstić information content (AvgIpc) is 4.02. The minimum Gasteiger partial charge on any atom is -0.464 e. The number of rotatable bonds is 10. The number of amides is 4. The van der Waals surface area contributed by atoms with Crippen LogP contribution in [0.15, 0.2) is 49.2 Å². The summed E-state index contributed by atoms with van der Waals surface area (Å²) in [6.07, 6.45) is 4.64. The first kappa shape index (κ1) is 47.0. The number of nitrogens with one attached hydrogen (secondary N) is 2. The Labute approximate surface area is 380 Å². The number of hydrazine groups is 1. The number of nitrogens with zero attached hydrogens (tertiary/aromatic N) is 8. The maximum Gasteiger partial charge on any atom is 0.324 e. The third-order valence-corrected chi connectivity index (χ3v) is 13.1. The molecule has 5 atom stereocenters. The van der Waals surface area contributed by atoms with Gasteiger partial charge in [-0.3, -0.25) is 34.0 Å². The quantitative estimate of drug-likeness (QED) is 0.170. The predicted octanol–water partition coefficient (Wildman–Crippen LogP) is 4.39. The van der Waals surface area contributed by atoms with E-state index in [0.717, 1.165) is 39.0 Å². The van der Waals surface area contributed by atoms with Crippen molar-refractivity contribution in [3.63, 3.8) is 0 Å². The summed E-state index contributed by atoms with van der Waals surface area (Å²) in [5.41, 5.74) is 8.26. The van der Waals surface area contributed by atoms with Gasteiger partial charge in [-0.2, -0.15) is 5.10 Å². The summed E-state index contributed by atoms with van der Waals surface area (Å²) in [6, 6.07) is 7.32. The summed E-state index contributed by atoms with van der Waals surface area (Å²) >= 11 is 0. The number of aryl methyl sites for hydroxylation is 2. The lowest BCUT2D eigenvalue weighted by Gasteiger charge is -2.36. The second-order valence-electron chi connectivity index (χ2n) is 18.7. The summed E-state index contributed by atoms with van der Waals surface area (Å²) in [5.74, 6) is -1.91. The molecule has 2 saturated heterocycles. The summed E-state index contributed by atoms with van der Waals surface area (Å²) in [5, 5.41) is 10.2. The third-order valence-electron chi connectivity index (χ3n) is 13.1. The van der Waals surface area contributed by atoms with Crippen LogP contribution in [-0.4, -0.2) is 127 Å². The molecule has 3 aromatic heterocycles. The number of esters is 1. The Kier molecular flexibility index (Phi) is 13.9. The lowest BCUT2D eigenvalue weighted by molar-refractivity contribution is -0.155. The van der Waals surface area contributed by atoms with Crippen molar-refractivity contribution in [3.8, 4) is 22.6 Å². The third kappa shape index (κ3) is 9.57. The molecule has 7 rings (SSSR count). The van der Waals surface area contributed by atoms with Crippen LogP contribution >= 0.6 is 0 Å². The van der Waals surface area contributed by atoms with Gasteiger partial charge in [0.1, 0.15) is 18.1 Å². The molecule has 4 amide bonds. The number of benzene rings is 1. The van der Waals surface area contributed by atoms with Crippen LogP contribution in [0.2, 0.25) is 0 Å². The molecule has 0 aliphatic carbocycles. The van der Waals surface area contributed by atoms with E-state index in [9.17, 15) is 24.0 Å². The molecule has 2 fully saturated rings. The molecule has 0 saturated carbocycles. The smallest absolute Gasteiger partial charge is 0.324 e. The molecule has 17 heteroatoms. The standard InChI is InChI=1S/C48H64N10O7/c1-11-39(59)56-22-19-31(26-56)45(61)54(8)41(28(3)4)44(60)50-36-24-38-51-43(55(9)53-38)30-17-18-37-33(23-30)34(42(57(37)12-2)32-15-13-20-49-40(32)29(5)64-10)25-48(6,7)27-65-47(63)35-16-14-21-58(52-35)46(36)62/h11,13,15,17-18,20,23,28-29,31,35-36,41,52H,1,12,14,16,19,21-22,24-27H2,2-10H3,(H,50,60)/t29-,31-,35-,36-,41?/m0/s1. The number of ether oxygens (including phenoxy) is 2. The van der Waals surface area contributed by atoms with Crippen molar-refractivity contribution in [2.75, 3.05) is 40.4 Å². The molecular formula is C48H64N10O7. The van der Waals surface area contributed by atoms with Crippen LogP contribution in [0.3, 0.4) is 0 Å². The van der Waals surface area contributed by atoms with Crippen LogP contribution in [0.5, 0.6) is 0 Å². The molecule has 1 unspecified atom stereocenters. The van der Waals surface area contributed by atoms with E-state index in [4.69, 9.17) is 24.5 Å². The normalized spacial score (nSPS) is 21.2. The molecule has 348 valence electrons. The second kappa shape index (κ2) is 19.3. The zero-order valence-corrected chi connectivity index (χ0v) is 39.2. The van der Waals surface area contributed by atoms with Crippen molar-refractivity contribution in [1.82, 2.24) is 49.9 Å². The van der Waals surface area contributed by atoms with Crippen molar-refractivity contribution in [2.45, 2.75) is 104 Å². The van der Waals surface area contributed by atoms with E-state index in [2.05, 4.69) is 60.9 Å². The van der Waals surface area contributed by atoms with E-state index in [0.29, 0.717) is 50.4 Å². The first-order valence-corrected chi connectivity index (χ1v) is 22.7. The van der Waals surface area contributed by atoms with Crippen LogP contribution in [0.1, 0.15) is 84.0 Å². The van der Waals surface area contributed by atoms with E-state index in [-0.39, 0.29) is 50.0 Å². The number of likely N-dealkylation sites (N-methyl/N-ethyl adjacent to an activating group) is 1. The maximum atomic E-state index is 14.6. The van der Waals surface area contributed by atoms with Crippen molar-refractivity contribution in [1.29, 1.82) is 0 Å². The van der Waals surface area contributed by atoms with Gasteiger partial charge in [-0.1, -0.05) is 34.3 Å². The van der Waals surface area contributed by atoms with Gasteiger partial charge in [-0.05, 0) is 87.4 Å². The zero-order valence-electron chi connectivity index (χ0n) is 39.2. The maximum absolute atomic E-state index is 14.6. The Bertz CT molecular complexity index is 2470. The molecule has 0 spiro atoms. The number of aromatic nitrogens is 5. The van der Waals surface area contributed by atoms with E-state index in [1.807, 2.05) is 32.9 Å². The van der Waals surface area contributed by atoms with Gasteiger partial charge in [0.25, 0.3) is 5.91 Å². The number of fused-ring (bicyclic) bond motifs is 6. The molecule has 2 N–H and O–H groups in total. The van der Waals surface area contributed by atoms with Gasteiger partial charge in [0.05, 0.1) is 30.0 Å². The van der Waals surface area contributed by atoms with Gasteiger partial charge in [0, 0.05) is 87.4 Å². The van der Waals surface area contributed by atoms with E-state index in [1.54, 1.807) is 37.0 Å². The number of hydrogen-bond donors (Lipinski definition) is 2. The Morgan fingerprint density at radius 2 is 1.91 bits per heavy atom. The average molecular weight is 893 g/mol. The van der Waals surface area contributed by atoms with Crippen molar-refractivity contribution in [2.24, 2.45) is 24.3 Å². The summed E-state index contributed by atoms with van der Waals surface area (Å²) in [7, 11) is 5.06. The van der Waals surface area contributed by atoms with Crippen LogP contribution < -0.4 is 10.7 Å². The molecule has 4 aromatic rings. The van der Waals surface area contributed by atoms with Gasteiger partial charge in [0.15, 0.2) is 11.6 Å². The lowest BCUT2D eigenvalue weighted by atomic mass is 9.84. The minimum absolute atomic E-state index is 0.0745. The molecule has 65 heavy (non-hydrogen) atoms. The highest BCUT2D eigenvalue weighted by Crippen LogP contribution is 2.42. The number of likely N-dealkylation sites (tertiary alicyclic amines) is 1. The van der Waals surface area contributed by atoms with E-state index in [1.165, 1.54) is 16.0 Å². The molecule has 3 aliphatic rings. The van der Waals surface area contributed by atoms with Gasteiger partial charge in [-0.15, -0.1) is 0 Å². The second-order valence-corrected chi connectivity index (χ2v) is 18.7. The van der Waals surface area contributed by atoms with E-state index >= 15 is 0 Å². The Morgan fingerprint density at radius 1 is 1.14 bits per heavy atom. The molecule has 1 aromatic carbocycles. The first-order valence-electron chi connectivity index (χ1n) is 22.7. The zero-order chi connectivity index (χ0) is 46.9. The number of carbonyl (C=O) groups is 5. The van der Waals surface area contributed by atoms with Crippen LogP contribution in [-0.2, 0) is 59.9 Å².